The molecule has 3 fully saturated rings. The normalized spacial score (nSPS) is 55.8. The van der Waals surface area contributed by atoms with Crippen LogP contribution >= 0.6 is 0 Å². The second-order valence-electron chi connectivity index (χ2n) is 8.60. The first-order valence-electron chi connectivity index (χ1n) is 8.86. The molecule has 21 heavy (non-hydrogen) atoms. The number of ketones is 1. The quantitative estimate of drug-likeness (QED) is 0.690. The Morgan fingerprint density at radius 3 is 2.76 bits per heavy atom. The van der Waals surface area contributed by atoms with E-state index in [1.54, 1.807) is 0 Å². The van der Waals surface area contributed by atoms with E-state index in [2.05, 4.69) is 19.9 Å². The molecule has 0 spiro atoms. The molecule has 0 saturated heterocycles. The Morgan fingerprint density at radius 2 is 1.95 bits per heavy atom. The van der Waals surface area contributed by atoms with Crippen LogP contribution in [0.3, 0.4) is 0 Å². The van der Waals surface area contributed by atoms with Gasteiger partial charge in [-0.1, -0.05) is 26.0 Å². The number of aliphatic hydroxyl groups is 1. The van der Waals surface area contributed by atoms with E-state index in [0.29, 0.717) is 17.6 Å². The number of rotatable bonds is 0. The largest absolute Gasteiger partial charge is 0.389 e. The first kappa shape index (κ1) is 14.0. The predicted octanol–water partition coefficient (Wildman–Crippen LogP) is 3.74. The second-order valence-corrected chi connectivity index (χ2v) is 8.60. The van der Waals surface area contributed by atoms with Crippen molar-refractivity contribution in [2.45, 2.75) is 64.9 Å². The molecule has 3 saturated carbocycles. The standard InChI is InChI=1S/C19H28O2/c1-18-9-7-13(20)11-12(18)3-4-14-15-5-6-17(21)19(15,2)10-8-16(14)18/h7,9,12-16,20H,3-6,8,10-11H2,1-2H3/t12?,13?,14?,15?,16?,18-,19-/m0/s1. The minimum absolute atomic E-state index is 0.0116. The van der Waals surface area contributed by atoms with E-state index in [1.807, 2.05) is 6.08 Å². The van der Waals surface area contributed by atoms with Crippen molar-refractivity contribution in [3.63, 3.8) is 0 Å². The molecule has 4 aliphatic rings. The van der Waals surface area contributed by atoms with E-state index in [0.717, 1.165) is 37.5 Å². The van der Waals surface area contributed by atoms with Crippen molar-refractivity contribution in [2.24, 2.45) is 34.5 Å². The maximum absolute atomic E-state index is 12.4. The van der Waals surface area contributed by atoms with E-state index in [-0.39, 0.29) is 16.9 Å². The third-order valence-electron chi connectivity index (χ3n) is 7.88. The molecule has 0 bridgehead atoms. The van der Waals surface area contributed by atoms with Gasteiger partial charge in [0.2, 0.25) is 0 Å². The summed E-state index contributed by atoms with van der Waals surface area (Å²) < 4.78 is 0. The molecule has 4 rings (SSSR count). The third-order valence-corrected chi connectivity index (χ3v) is 7.88. The van der Waals surface area contributed by atoms with Crippen LogP contribution in [0.2, 0.25) is 0 Å². The molecule has 0 aromatic carbocycles. The first-order valence-corrected chi connectivity index (χ1v) is 8.86. The summed E-state index contributed by atoms with van der Waals surface area (Å²) in [5.74, 6) is 3.26. The van der Waals surface area contributed by atoms with Crippen LogP contribution in [-0.2, 0) is 4.79 Å². The Bertz CT molecular complexity index is 496. The van der Waals surface area contributed by atoms with Gasteiger partial charge in [0.15, 0.2) is 0 Å². The highest BCUT2D eigenvalue weighted by molar-refractivity contribution is 5.87. The van der Waals surface area contributed by atoms with Crippen molar-refractivity contribution in [1.82, 2.24) is 0 Å². The second kappa shape index (κ2) is 4.44. The van der Waals surface area contributed by atoms with Gasteiger partial charge in [-0.3, -0.25) is 4.79 Å². The first-order chi connectivity index (χ1) is 9.95. The van der Waals surface area contributed by atoms with Crippen LogP contribution in [0.4, 0.5) is 0 Å². The summed E-state index contributed by atoms with van der Waals surface area (Å²) in [5, 5.41) is 9.95. The molecule has 0 aromatic heterocycles. The number of aliphatic hydroxyl groups excluding tert-OH is 1. The lowest BCUT2D eigenvalue weighted by atomic mass is 9.46. The Hall–Kier alpha value is -0.630. The van der Waals surface area contributed by atoms with Crippen LogP contribution in [0.15, 0.2) is 12.2 Å². The maximum Gasteiger partial charge on any atom is 0.139 e. The van der Waals surface area contributed by atoms with Gasteiger partial charge in [0, 0.05) is 11.8 Å². The zero-order chi connectivity index (χ0) is 14.8. The van der Waals surface area contributed by atoms with Gasteiger partial charge in [-0.25, -0.2) is 0 Å². The summed E-state index contributed by atoms with van der Waals surface area (Å²) >= 11 is 0. The summed E-state index contributed by atoms with van der Waals surface area (Å²) in [5.41, 5.74) is 0.247. The number of Topliss-reactive ketones (excluding diaryl/α,β-unsaturated/α-hetero) is 1. The molecular formula is C19H28O2. The number of fused-ring (bicyclic) bond motifs is 5. The summed E-state index contributed by atoms with van der Waals surface area (Å²) in [6, 6.07) is 0. The summed E-state index contributed by atoms with van der Waals surface area (Å²) in [6.45, 7) is 4.68. The molecule has 5 unspecified atom stereocenters. The number of allylic oxidation sites excluding steroid dienone is 1. The van der Waals surface area contributed by atoms with Crippen molar-refractivity contribution < 1.29 is 9.90 Å². The van der Waals surface area contributed by atoms with E-state index >= 15 is 0 Å². The molecule has 1 N–H and O–H groups in total. The Morgan fingerprint density at radius 1 is 1.14 bits per heavy atom. The molecule has 0 aromatic rings. The summed E-state index contributed by atoms with van der Waals surface area (Å²) in [6.07, 6.45) is 11.8. The monoisotopic (exact) mass is 288 g/mol. The molecule has 0 heterocycles. The smallest absolute Gasteiger partial charge is 0.139 e. The zero-order valence-corrected chi connectivity index (χ0v) is 13.3. The number of carbonyl (C=O) groups excluding carboxylic acids is 1. The third kappa shape index (κ3) is 1.78. The van der Waals surface area contributed by atoms with Gasteiger partial charge in [0.1, 0.15) is 5.78 Å². The summed E-state index contributed by atoms with van der Waals surface area (Å²) in [4.78, 5) is 12.4. The summed E-state index contributed by atoms with van der Waals surface area (Å²) in [7, 11) is 0. The van der Waals surface area contributed by atoms with E-state index in [1.165, 1.54) is 19.3 Å². The topological polar surface area (TPSA) is 37.3 Å². The number of carbonyl (C=O) groups is 1. The zero-order valence-electron chi connectivity index (χ0n) is 13.3. The lowest BCUT2D eigenvalue weighted by molar-refractivity contribution is -0.134. The molecule has 7 atom stereocenters. The fourth-order valence-corrected chi connectivity index (χ4v) is 6.56. The van der Waals surface area contributed by atoms with Gasteiger partial charge >= 0.3 is 0 Å². The van der Waals surface area contributed by atoms with Gasteiger partial charge in [-0.2, -0.15) is 0 Å². The lowest BCUT2D eigenvalue weighted by Gasteiger charge is -2.58. The molecule has 4 aliphatic carbocycles. The molecule has 2 heteroatoms. The van der Waals surface area contributed by atoms with Crippen LogP contribution in [0.1, 0.15) is 58.8 Å². The Kier molecular flexibility index (Phi) is 2.96. The maximum atomic E-state index is 12.4. The molecule has 0 aliphatic heterocycles. The van der Waals surface area contributed by atoms with Crippen molar-refractivity contribution in [2.75, 3.05) is 0 Å². The Balaban J connectivity index is 1.68. The average molecular weight is 288 g/mol. The predicted molar refractivity (Wildman–Crippen MR) is 82.6 cm³/mol. The molecule has 0 amide bonds. The van der Waals surface area contributed by atoms with E-state index in [9.17, 15) is 9.90 Å². The van der Waals surface area contributed by atoms with Crippen LogP contribution in [-0.4, -0.2) is 17.0 Å². The van der Waals surface area contributed by atoms with Crippen molar-refractivity contribution in [1.29, 1.82) is 0 Å². The highest BCUT2D eigenvalue weighted by atomic mass is 16.3. The molecule has 116 valence electrons. The average Bonchev–Trinajstić information content (AvgIpc) is 2.76. The van der Waals surface area contributed by atoms with E-state index in [4.69, 9.17) is 0 Å². The van der Waals surface area contributed by atoms with Gasteiger partial charge in [-0.15, -0.1) is 0 Å². The van der Waals surface area contributed by atoms with Crippen molar-refractivity contribution >= 4 is 5.78 Å². The minimum atomic E-state index is -0.235. The van der Waals surface area contributed by atoms with Gasteiger partial charge in [-0.05, 0) is 67.6 Å². The van der Waals surface area contributed by atoms with E-state index < -0.39 is 0 Å². The molecule has 2 nitrogen and oxygen atoms in total. The fourth-order valence-electron chi connectivity index (χ4n) is 6.56. The van der Waals surface area contributed by atoms with Crippen LogP contribution in [0.5, 0.6) is 0 Å². The highest BCUT2D eigenvalue weighted by Gasteiger charge is 2.59. The van der Waals surface area contributed by atoms with Gasteiger partial charge < -0.3 is 5.11 Å². The van der Waals surface area contributed by atoms with Crippen molar-refractivity contribution in [3.8, 4) is 0 Å². The van der Waals surface area contributed by atoms with Gasteiger partial charge in [0.25, 0.3) is 0 Å². The molecule has 0 radical (unpaired) electrons. The fraction of sp³-hybridized carbons (Fsp3) is 0.842. The van der Waals surface area contributed by atoms with Crippen LogP contribution in [0, 0.1) is 34.5 Å². The van der Waals surface area contributed by atoms with Crippen LogP contribution in [0.25, 0.3) is 0 Å². The van der Waals surface area contributed by atoms with Gasteiger partial charge in [0.05, 0.1) is 6.10 Å². The highest BCUT2D eigenvalue weighted by Crippen LogP contribution is 2.64. The lowest BCUT2D eigenvalue weighted by Crippen LogP contribution is -2.52. The SMILES string of the molecule is C[C@]12C=CC(O)CC1CCC1C2CC[C@]2(C)C(=O)CCC12. The Labute approximate surface area is 128 Å². The molecular weight excluding hydrogens is 260 g/mol. The van der Waals surface area contributed by atoms with Crippen LogP contribution < -0.4 is 0 Å². The number of hydrogen-bond donors (Lipinski definition) is 1. The van der Waals surface area contributed by atoms with Crippen molar-refractivity contribution in [3.05, 3.63) is 12.2 Å². The minimum Gasteiger partial charge on any atom is -0.389 e. The number of hydrogen-bond acceptors (Lipinski definition) is 2.